The highest BCUT2D eigenvalue weighted by Crippen LogP contribution is 2.34. The van der Waals surface area contributed by atoms with Crippen molar-refractivity contribution in [2.75, 3.05) is 44.8 Å². The number of aromatic nitrogens is 3. The van der Waals surface area contributed by atoms with E-state index in [4.69, 9.17) is 9.72 Å². The molecule has 134 valence electrons. The monoisotopic (exact) mass is 349 g/mol. The molecule has 3 aromatic rings. The number of ether oxygens (including phenoxy) is 1. The third-order valence-electron chi connectivity index (χ3n) is 5.48. The topological polar surface area (TPSA) is 45.9 Å². The molecule has 0 saturated carbocycles. The number of benzene rings is 1. The van der Waals surface area contributed by atoms with Crippen LogP contribution in [0.15, 0.2) is 42.9 Å². The lowest BCUT2D eigenvalue weighted by Crippen LogP contribution is -2.37. The summed E-state index contributed by atoms with van der Waals surface area (Å²) >= 11 is 0. The molecule has 5 rings (SSSR count). The van der Waals surface area contributed by atoms with Gasteiger partial charge in [0.05, 0.1) is 30.6 Å². The largest absolute Gasteiger partial charge is 0.378 e. The maximum atomic E-state index is 5.49. The number of hydrogen-bond donors (Lipinski definition) is 0. The van der Waals surface area contributed by atoms with Gasteiger partial charge in [0.1, 0.15) is 6.33 Å². The summed E-state index contributed by atoms with van der Waals surface area (Å²) in [5.74, 6) is 0.294. The van der Waals surface area contributed by atoms with Crippen molar-refractivity contribution in [1.29, 1.82) is 0 Å². The fraction of sp³-hybridized carbons (Fsp3) is 0.400. The van der Waals surface area contributed by atoms with Crippen LogP contribution >= 0.6 is 0 Å². The average molecular weight is 349 g/mol. The van der Waals surface area contributed by atoms with Crippen LogP contribution in [0, 0.1) is 0 Å². The van der Waals surface area contributed by atoms with E-state index in [0.29, 0.717) is 5.92 Å². The fourth-order valence-corrected chi connectivity index (χ4v) is 4.14. The summed E-state index contributed by atoms with van der Waals surface area (Å²) < 4.78 is 7.31. The standard InChI is InChI=1S/C20H23N5O/c1-23-12-15-10-16(24-6-8-26-9-7-24)2-3-18(15)19(13-23)20-11-17-4-5-22-25(17)14-21-20/h2-5,10-11,14,19H,6-9,12-13H2,1H3. The van der Waals surface area contributed by atoms with E-state index in [1.54, 1.807) is 0 Å². The van der Waals surface area contributed by atoms with Crippen molar-refractivity contribution in [3.05, 3.63) is 59.7 Å². The minimum Gasteiger partial charge on any atom is -0.378 e. The van der Waals surface area contributed by atoms with Gasteiger partial charge in [0.15, 0.2) is 0 Å². The van der Waals surface area contributed by atoms with Crippen LogP contribution in [0.4, 0.5) is 5.69 Å². The van der Waals surface area contributed by atoms with Crippen molar-refractivity contribution in [1.82, 2.24) is 19.5 Å². The molecule has 0 N–H and O–H groups in total. The smallest absolute Gasteiger partial charge is 0.117 e. The molecule has 2 aliphatic rings. The van der Waals surface area contributed by atoms with E-state index in [1.807, 2.05) is 23.1 Å². The summed E-state index contributed by atoms with van der Waals surface area (Å²) in [5, 5.41) is 4.26. The molecule has 6 nitrogen and oxygen atoms in total. The molecular weight excluding hydrogens is 326 g/mol. The zero-order valence-corrected chi connectivity index (χ0v) is 15.0. The molecule has 6 heteroatoms. The van der Waals surface area contributed by atoms with E-state index < -0.39 is 0 Å². The zero-order chi connectivity index (χ0) is 17.5. The summed E-state index contributed by atoms with van der Waals surface area (Å²) in [6, 6.07) is 11.1. The second-order valence-corrected chi connectivity index (χ2v) is 7.25. The normalized spacial score (nSPS) is 21.1. The maximum absolute atomic E-state index is 5.49. The summed E-state index contributed by atoms with van der Waals surface area (Å²) in [5.41, 5.74) is 6.32. The molecule has 1 saturated heterocycles. The molecule has 1 fully saturated rings. The van der Waals surface area contributed by atoms with Crippen LogP contribution < -0.4 is 4.90 Å². The Morgan fingerprint density at radius 1 is 1.12 bits per heavy atom. The molecule has 0 radical (unpaired) electrons. The molecule has 1 unspecified atom stereocenters. The van der Waals surface area contributed by atoms with Gasteiger partial charge in [-0.1, -0.05) is 6.07 Å². The molecule has 0 aliphatic carbocycles. The van der Waals surface area contributed by atoms with Crippen LogP contribution in [0.3, 0.4) is 0 Å². The van der Waals surface area contributed by atoms with Gasteiger partial charge in [0.2, 0.25) is 0 Å². The molecule has 26 heavy (non-hydrogen) atoms. The van der Waals surface area contributed by atoms with Gasteiger partial charge in [-0.05, 0) is 42.4 Å². The van der Waals surface area contributed by atoms with E-state index in [0.717, 1.165) is 50.6 Å². The van der Waals surface area contributed by atoms with Crippen molar-refractivity contribution in [2.24, 2.45) is 0 Å². The molecule has 1 atom stereocenters. The lowest BCUT2D eigenvalue weighted by molar-refractivity contribution is 0.122. The Hall–Kier alpha value is -2.44. The molecule has 0 spiro atoms. The summed E-state index contributed by atoms with van der Waals surface area (Å²) in [6.45, 7) is 5.54. The lowest BCUT2D eigenvalue weighted by atomic mass is 9.87. The highest BCUT2D eigenvalue weighted by Gasteiger charge is 2.27. The Morgan fingerprint density at radius 2 is 2.00 bits per heavy atom. The van der Waals surface area contributed by atoms with E-state index in [-0.39, 0.29) is 0 Å². The van der Waals surface area contributed by atoms with Gasteiger partial charge in [-0.2, -0.15) is 5.10 Å². The number of anilines is 1. The number of morpholine rings is 1. The average Bonchev–Trinajstić information content (AvgIpc) is 3.15. The second kappa shape index (κ2) is 6.37. The van der Waals surface area contributed by atoms with Crippen molar-refractivity contribution in [3.63, 3.8) is 0 Å². The van der Waals surface area contributed by atoms with Gasteiger partial charge in [0.25, 0.3) is 0 Å². The quantitative estimate of drug-likeness (QED) is 0.709. The minimum absolute atomic E-state index is 0.294. The molecule has 2 aliphatic heterocycles. The second-order valence-electron chi connectivity index (χ2n) is 7.25. The summed E-state index contributed by atoms with van der Waals surface area (Å²) in [4.78, 5) is 9.50. The van der Waals surface area contributed by atoms with Crippen molar-refractivity contribution in [3.8, 4) is 0 Å². The summed E-state index contributed by atoms with van der Waals surface area (Å²) in [7, 11) is 2.19. The van der Waals surface area contributed by atoms with Crippen LogP contribution in [0.2, 0.25) is 0 Å². The van der Waals surface area contributed by atoms with Crippen LogP contribution in [-0.2, 0) is 11.3 Å². The molecule has 0 bridgehead atoms. The van der Waals surface area contributed by atoms with E-state index >= 15 is 0 Å². The van der Waals surface area contributed by atoms with Gasteiger partial charge >= 0.3 is 0 Å². The van der Waals surface area contributed by atoms with Crippen LogP contribution in [0.25, 0.3) is 5.52 Å². The van der Waals surface area contributed by atoms with Crippen molar-refractivity contribution >= 4 is 11.2 Å². The zero-order valence-electron chi connectivity index (χ0n) is 15.0. The highest BCUT2D eigenvalue weighted by molar-refractivity contribution is 5.55. The van der Waals surface area contributed by atoms with Gasteiger partial charge in [-0.25, -0.2) is 9.50 Å². The molecule has 2 aromatic heterocycles. The predicted octanol–water partition coefficient (Wildman–Crippen LogP) is 2.14. The van der Waals surface area contributed by atoms with E-state index in [9.17, 15) is 0 Å². The third kappa shape index (κ3) is 2.75. The SMILES string of the molecule is CN1Cc2cc(N3CCOCC3)ccc2C(c2cc3ccnn3cn2)C1. The molecule has 0 amide bonds. The predicted molar refractivity (Wildman–Crippen MR) is 101 cm³/mol. The van der Waals surface area contributed by atoms with Crippen LogP contribution in [0.1, 0.15) is 22.7 Å². The fourth-order valence-electron chi connectivity index (χ4n) is 4.14. The lowest BCUT2D eigenvalue weighted by Gasteiger charge is -2.34. The number of rotatable bonds is 2. The Balaban J connectivity index is 1.52. The Morgan fingerprint density at radius 3 is 2.88 bits per heavy atom. The molecule has 1 aromatic carbocycles. The Bertz CT molecular complexity index is 931. The Labute approximate surface area is 153 Å². The van der Waals surface area contributed by atoms with Crippen LogP contribution in [-0.4, -0.2) is 59.4 Å². The number of fused-ring (bicyclic) bond motifs is 2. The van der Waals surface area contributed by atoms with Crippen molar-refractivity contribution in [2.45, 2.75) is 12.5 Å². The summed E-state index contributed by atoms with van der Waals surface area (Å²) in [6.07, 6.45) is 3.64. The minimum atomic E-state index is 0.294. The number of hydrogen-bond acceptors (Lipinski definition) is 5. The highest BCUT2D eigenvalue weighted by atomic mass is 16.5. The first-order valence-corrected chi connectivity index (χ1v) is 9.21. The van der Waals surface area contributed by atoms with Gasteiger partial charge in [-0.3, -0.25) is 0 Å². The third-order valence-corrected chi connectivity index (χ3v) is 5.48. The maximum Gasteiger partial charge on any atom is 0.117 e. The van der Waals surface area contributed by atoms with Crippen LogP contribution in [0.5, 0.6) is 0 Å². The van der Waals surface area contributed by atoms with Gasteiger partial charge in [0, 0.05) is 37.8 Å². The van der Waals surface area contributed by atoms with Crippen molar-refractivity contribution < 1.29 is 4.74 Å². The first-order valence-electron chi connectivity index (χ1n) is 9.21. The van der Waals surface area contributed by atoms with E-state index in [1.165, 1.54) is 16.8 Å². The first-order chi connectivity index (χ1) is 12.8. The first kappa shape index (κ1) is 15.8. The Kier molecular flexibility index (Phi) is 3.87. The number of nitrogens with zero attached hydrogens (tertiary/aromatic N) is 5. The van der Waals surface area contributed by atoms with Gasteiger partial charge in [-0.15, -0.1) is 0 Å². The molecule has 4 heterocycles. The van der Waals surface area contributed by atoms with E-state index in [2.05, 4.69) is 46.2 Å². The molecular formula is C20H23N5O. The number of likely N-dealkylation sites (N-methyl/N-ethyl adjacent to an activating group) is 1. The van der Waals surface area contributed by atoms with Gasteiger partial charge < -0.3 is 14.5 Å².